The van der Waals surface area contributed by atoms with Crippen molar-refractivity contribution in [3.05, 3.63) is 10.7 Å². The molecule has 1 aromatic heterocycles. The Kier molecular flexibility index (Phi) is 5.14. The molecule has 0 radical (unpaired) electrons. The monoisotopic (exact) mass is 302 g/mol. The average Bonchev–Trinajstić information content (AvgIpc) is 2.31. The molecule has 94 valence electrons. The predicted octanol–water partition coefficient (Wildman–Crippen LogP) is 1.18. The predicted molar refractivity (Wildman–Crippen MR) is 68.1 cm³/mol. The van der Waals surface area contributed by atoms with Crippen molar-refractivity contribution in [3.63, 3.8) is 0 Å². The smallest absolute Gasteiger partial charge is 0.242 e. The fourth-order valence-electron chi connectivity index (χ4n) is 1.15. The summed E-state index contributed by atoms with van der Waals surface area (Å²) < 4.78 is 5.70. The van der Waals surface area contributed by atoms with Crippen LogP contribution in [0.4, 0.5) is 5.95 Å². The highest BCUT2D eigenvalue weighted by molar-refractivity contribution is 9.10. The topological polar surface area (TPSA) is 76.1 Å². The molecule has 17 heavy (non-hydrogen) atoms. The van der Waals surface area contributed by atoms with Gasteiger partial charge in [0.15, 0.2) is 0 Å². The SMILES string of the molecule is CCNC(=O)C(C)Nc1ncc(Br)c(OC)n1. The lowest BCUT2D eigenvalue weighted by Crippen LogP contribution is -2.37. The molecule has 0 aliphatic rings. The van der Waals surface area contributed by atoms with E-state index in [0.717, 1.165) is 0 Å². The van der Waals surface area contributed by atoms with Crippen LogP contribution in [0, 0.1) is 0 Å². The molecular formula is C10H15BrN4O2. The molecule has 0 saturated heterocycles. The minimum atomic E-state index is -0.402. The van der Waals surface area contributed by atoms with E-state index in [-0.39, 0.29) is 5.91 Å². The lowest BCUT2D eigenvalue weighted by Gasteiger charge is -2.13. The van der Waals surface area contributed by atoms with Crippen molar-refractivity contribution in [2.24, 2.45) is 0 Å². The first-order chi connectivity index (χ1) is 8.08. The Hall–Kier alpha value is -1.37. The van der Waals surface area contributed by atoms with Gasteiger partial charge in [-0.05, 0) is 29.8 Å². The standard InChI is InChI=1S/C10H15BrN4O2/c1-4-12-8(16)6(2)14-10-13-5-7(11)9(15-10)17-3/h5-6H,4H2,1-3H3,(H,12,16)(H,13,14,15). The molecule has 1 rings (SSSR count). The molecule has 2 N–H and O–H groups in total. The Morgan fingerprint density at radius 3 is 2.94 bits per heavy atom. The van der Waals surface area contributed by atoms with Gasteiger partial charge in [0.1, 0.15) is 6.04 Å². The molecule has 1 amide bonds. The van der Waals surface area contributed by atoms with Crippen LogP contribution in [0.3, 0.4) is 0 Å². The number of halogens is 1. The van der Waals surface area contributed by atoms with Gasteiger partial charge in [-0.2, -0.15) is 4.98 Å². The minimum Gasteiger partial charge on any atom is -0.480 e. The molecule has 0 saturated carbocycles. The number of nitrogens with zero attached hydrogens (tertiary/aromatic N) is 2. The number of amides is 1. The number of likely N-dealkylation sites (N-methyl/N-ethyl adjacent to an activating group) is 1. The van der Waals surface area contributed by atoms with E-state index in [4.69, 9.17) is 4.74 Å². The number of hydrogen-bond acceptors (Lipinski definition) is 5. The van der Waals surface area contributed by atoms with Crippen LogP contribution in [0.2, 0.25) is 0 Å². The molecule has 6 nitrogen and oxygen atoms in total. The van der Waals surface area contributed by atoms with Crippen LogP contribution in [0.5, 0.6) is 5.88 Å². The third kappa shape index (κ3) is 3.85. The van der Waals surface area contributed by atoms with Gasteiger partial charge in [-0.3, -0.25) is 4.79 Å². The minimum absolute atomic E-state index is 0.0991. The number of carbonyl (C=O) groups excluding carboxylic acids is 1. The van der Waals surface area contributed by atoms with Crippen LogP contribution >= 0.6 is 15.9 Å². The molecule has 0 aromatic carbocycles. The highest BCUT2D eigenvalue weighted by atomic mass is 79.9. The van der Waals surface area contributed by atoms with Crippen LogP contribution < -0.4 is 15.4 Å². The molecule has 1 unspecified atom stereocenters. The van der Waals surface area contributed by atoms with E-state index in [0.29, 0.717) is 22.8 Å². The summed E-state index contributed by atoms with van der Waals surface area (Å²) in [5.41, 5.74) is 0. The summed E-state index contributed by atoms with van der Waals surface area (Å²) in [5, 5.41) is 5.60. The molecule has 0 fully saturated rings. The van der Waals surface area contributed by atoms with E-state index in [1.165, 1.54) is 7.11 Å². The van der Waals surface area contributed by atoms with Crippen molar-refractivity contribution in [1.82, 2.24) is 15.3 Å². The summed E-state index contributed by atoms with van der Waals surface area (Å²) in [6, 6.07) is -0.402. The molecule has 0 aliphatic carbocycles. The van der Waals surface area contributed by atoms with Crippen LogP contribution in [0.15, 0.2) is 10.7 Å². The molecule has 7 heteroatoms. The van der Waals surface area contributed by atoms with Crippen LogP contribution in [-0.2, 0) is 4.79 Å². The number of ether oxygens (including phenoxy) is 1. The Morgan fingerprint density at radius 2 is 2.35 bits per heavy atom. The van der Waals surface area contributed by atoms with Gasteiger partial charge in [-0.1, -0.05) is 0 Å². The van der Waals surface area contributed by atoms with Crippen LogP contribution in [0.1, 0.15) is 13.8 Å². The zero-order valence-electron chi connectivity index (χ0n) is 9.95. The highest BCUT2D eigenvalue weighted by Gasteiger charge is 2.13. The highest BCUT2D eigenvalue weighted by Crippen LogP contribution is 2.21. The summed E-state index contributed by atoms with van der Waals surface area (Å²) in [4.78, 5) is 19.6. The zero-order chi connectivity index (χ0) is 12.8. The summed E-state index contributed by atoms with van der Waals surface area (Å²) in [7, 11) is 1.52. The van der Waals surface area contributed by atoms with Gasteiger partial charge in [0.25, 0.3) is 0 Å². The van der Waals surface area contributed by atoms with E-state index in [1.807, 2.05) is 6.92 Å². The maximum absolute atomic E-state index is 11.5. The molecule has 1 heterocycles. The van der Waals surface area contributed by atoms with Crippen molar-refractivity contribution in [2.75, 3.05) is 19.0 Å². The molecular weight excluding hydrogens is 288 g/mol. The number of aromatic nitrogens is 2. The van der Waals surface area contributed by atoms with Gasteiger partial charge in [0, 0.05) is 6.54 Å². The maximum atomic E-state index is 11.5. The van der Waals surface area contributed by atoms with Crippen molar-refractivity contribution in [3.8, 4) is 5.88 Å². The quantitative estimate of drug-likeness (QED) is 0.854. The first kappa shape index (κ1) is 13.7. The van der Waals surface area contributed by atoms with Gasteiger partial charge in [-0.25, -0.2) is 4.98 Å². The van der Waals surface area contributed by atoms with Crippen LogP contribution in [-0.4, -0.2) is 35.6 Å². The summed E-state index contributed by atoms with van der Waals surface area (Å²) in [6.45, 7) is 4.20. The van der Waals surface area contributed by atoms with E-state index in [2.05, 4.69) is 36.5 Å². The number of methoxy groups -OCH3 is 1. The Labute approximate surface area is 108 Å². The van der Waals surface area contributed by atoms with E-state index in [1.54, 1.807) is 13.1 Å². The van der Waals surface area contributed by atoms with E-state index >= 15 is 0 Å². The number of anilines is 1. The summed E-state index contributed by atoms with van der Waals surface area (Å²) in [5.74, 6) is 0.674. The summed E-state index contributed by atoms with van der Waals surface area (Å²) >= 11 is 3.25. The lowest BCUT2D eigenvalue weighted by atomic mass is 10.3. The van der Waals surface area contributed by atoms with Crippen molar-refractivity contribution in [2.45, 2.75) is 19.9 Å². The normalized spacial score (nSPS) is 11.8. The van der Waals surface area contributed by atoms with Gasteiger partial charge < -0.3 is 15.4 Å². The van der Waals surface area contributed by atoms with Crippen LogP contribution in [0.25, 0.3) is 0 Å². The van der Waals surface area contributed by atoms with Crippen molar-refractivity contribution < 1.29 is 9.53 Å². The largest absolute Gasteiger partial charge is 0.480 e. The number of nitrogens with one attached hydrogen (secondary N) is 2. The van der Waals surface area contributed by atoms with Gasteiger partial charge in [-0.15, -0.1) is 0 Å². The second-order valence-electron chi connectivity index (χ2n) is 3.31. The molecule has 1 atom stereocenters. The molecule has 0 spiro atoms. The molecule has 0 aliphatic heterocycles. The first-order valence-corrected chi connectivity index (χ1v) is 5.98. The van der Waals surface area contributed by atoms with Gasteiger partial charge in [0.2, 0.25) is 17.7 Å². The average molecular weight is 303 g/mol. The molecule has 1 aromatic rings. The Bertz CT molecular complexity index is 400. The Morgan fingerprint density at radius 1 is 1.65 bits per heavy atom. The molecule has 0 bridgehead atoms. The maximum Gasteiger partial charge on any atom is 0.242 e. The third-order valence-corrected chi connectivity index (χ3v) is 2.54. The first-order valence-electron chi connectivity index (χ1n) is 5.19. The van der Waals surface area contributed by atoms with Gasteiger partial charge in [0.05, 0.1) is 17.8 Å². The van der Waals surface area contributed by atoms with Crippen molar-refractivity contribution >= 4 is 27.8 Å². The number of rotatable bonds is 5. The third-order valence-electron chi connectivity index (χ3n) is 2.00. The van der Waals surface area contributed by atoms with E-state index in [9.17, 15) is 4.79 Å². The Balaban J connectivity index is 2.71. The number of hydrogen-bond donors (Lipinski definition) is 2. The second-order valence-corrected chi connectivity index (χ2v) is 4.17. The number of carbonyl (C=O) groups is 1. The fourth-order valence-corrected chi connectivity index (χ4v) is 1.50. The zero-order valence-corrected chi connectivity index (χ0v) is 11.5. The summed E-state index contributed by atoms with van der Waals surface area (Å²) in [6.07, 6.45) is 1.57. The second kappa shape index (κ2) is 6.39. The fraction of sp³-hybridized carbons (Fsp3) is 0.500. The van der Waals surface area contributed by atoms with Gasteiger partial charge >= 0.3 is 0 Å². The van der Waals surface area contributed by atoms with Crippen molar-refractivity contribution in [1.29, 1.82) is 0 Å². The lowest BCUT2D eigenvalue weighted by molar-refractivity contribution is -0.121. The van der Waals surface area contributed by atoms with E-state index < -0.39 is 6.04 Å².